The van der Waals surface area contributed by atoms with Crippen molar-refractivity contribution in [2.45, 2.75) is 12.5 Å². The second-order valence-electron chi connectivity index (χ2n) is 8.52. The number of hydrazone groups is 2. The number of carbonyl (C=O) groups is 1. The summed E-state index contributed by atoms with van der Waals surface area (Å²) in [5.74, 6) is 0.551. The summed E-state index contributed by atoms with van der Waals surface area (Å²) in [7, 11) is 1.67. The van der Waals surface area contributed by atoms with E-state index in [-0.39, 0.29) is 11.9 Å². The van der Waals surface area contributed by atoms with Crippen LogP contribution in [0.5, 0.6) is 5.75 Å². The van der Waals surface area contributed by atoms with Crippen LogP contribution in [0, 0.1) is 0 Å². The van der Waals surface area contributed by atoms with E-state index in [0.717, 1.165) is 44.7 Å². The fourth-order valence-corrected chi connectivity index (χ4v) is 4.69. The molecule has 1 atom stereocenters. The molecule has 7 heteroatoms. The first kappa shape index (κ1) is 24.5. The molecule has 1 heterocycles. The summed E-state index contributed by atoms with van der Waals surface area (Å²) in [6.07, 6.45) is 2.42. The summed E-state index contributed by atoms with van der Waals surface area (Å²) < 4.78 is 6.06. The molecule has 0 bridgehead atoms. The van der Waals surface area contributed by atoms with Crippen LogP contribution in [0.1, 0.15) is 39.5 Å². The lowest BCUT2D eigenvalue weighted by atomic mass is 9.98. The van der Waals surface area contributed by atoms with Gasteiger partial charge in [-0.25, -0.2) is 5.43 Å². The minimum atomic E-state index is -0.275. The Bertz CT molecular complexity index is 1430. The third-order valence-electron chi connectivity index (χ3n) is 6.17. The molecule has 1 N–H and O–H groups in total. The molecule has 0 spiro atoms. The van der Waals surface area contributed by atoms with Gasteiger partial charge in [0.15, 0.2) is 0 Å². The highest BCUT2D eigenvalue weighted by Crippen LogP contribution is 2.37. The van der Waals surface area contributed by atoms with Crippen molar-refractivity contribution in [1.29, 1.82) is 0 Å². The van der Waals surface area contributed by atoms with Gasteiger partial charge in [-0.1, -0.05) is 66.7 Å². The SMILES string of the molecule is COc1ccc(C2CC(c3ccccc3)=NN2c2ccc(C=NNC(=O)c3ccccc3Br)cc2)cc1. The van der Waals surface area contributed by atoms with Crippen LogP contribution in [0.3, 0.4) is 0 Å². The maximum atomic E-state index is 12.4. The quantitative estimate of drug-likeness (QED) is 0.208. The molecular formula is C30H25BrN4O2. The molecule has 1 aliphatic heterocycles. The first-order valence-corrected chi connectivity index (χ1v) is 12.7. The molecule has 1 amide bonds. The molecule has 6 nitrogen and oxygen atoms in total. The molecule has 0 saturated heterocycles. The number of nitrogens with zero attached hydrogens (tertiary/aromatic N) is 3. The number of carbonyl (C=O) groups excluding carboxylic acids is 1. The van der Waals surface area contributed by atoms with E-state index in [2.05, 4.69) is 55.7 Å². The molecule has 5 rings (SSSR count). The first-order chi connectivity index (χ1) is 18.1. The van der Waals surface area contributed by atoms with E-state index >= 15 is 0 Å². The standard InChI is InChI=1S/C30H25BrN4O2/c1-37-25-17-13-23(14-18-25)29-19-28(22-7-3-2-4-8-22)34-35(29)24-15-11-21(12-16-24)20-32-33-30(36)26-9-5-6-10-27(26)31/h2-18,20,29H,19H2,1H3,(H,33,36). The molecule has 37 heavy (non-hydrogen) atoms. The monoisotopic (exact) mass is 552 g/mol. The van der Waals surface area contributed by atoms with Gasteiger partial charge in [0.05, 0.1) is 36.3 Å². The van der Waals surface area contributed by atoms with Crippen LogP contribution < -0.4 is 15.2 Å². The summed E-state index contributed by atoms with van der Waals surface area (Å²) in [4.78, 5) is 12.4. The van der Waals surface area contributed by atoms with E-state index in [1.807, 2.05) is 72.8 Å². The highest BCUT2D eigenvalue weighted by molar-refractivity contribution is 9.10. The molecular weight excluding hydrogens is 528 g/mol. The second-order valence-corrected chi connectivity index (χ2v) is 9.38. The van der Waals surface area contributed by atoms with Crippen molar-refractivity contribution in [2.75, 3.05) is 12.1 Å². The number of anilines is 1. The molecule has 184 valence electrons. The lowest BCUT2D eigenvalue weighted by Crippen LogP contribution is -2.18. The minimum Gasteiger partial charge on any atom is -0.497 e. The van der Waals surface area contributed by atoms with Crippen molar-refractivity contribution in [2.24, 2.45) is 10.2 Å². The van der Waals surface area contributed by atoms with Gasteiger partial charge in [0.2, 0.25) is 0 Å². The lowest BCUT2D eigenvalue weighted by Gasteiger charge is -2.24. The molecule has 0 fully saturated rings. The number of nitrogens with one attached hydrogen (secondary N) is 1. The lowest BCUT2D eigenvalue weighted by molar-refractivity contribution is 0.0954. The number of hydrogen-bond acceptors (Lipinski definition) is 5. The number of benzene rings is 4. The minimum absolute atomic E-state index is 0.0595. The van der Waals surface area contributed by atoms with Crippen LogP contribution in [0.4, 0.5) is 5.69 Å². The molecule has 4 aromatic rings. The van der Waals surface area contributed by atoms with E-state index in [1.165, 1.54) is 0 Å². The fraction of sp³-hybridized carbons (Fsp3) is 0.100. The number of ether oxygens (including phenoxy) is 1. The summed E-state index contributed by atoms with van der Waals surface area (Å²) in [5.41, 5.74) is 8.27. The highest BCUT2D eigenvalue weighted by atomic mass is 79.9. The van der Waals surface area contributed by atoms with Crippen LogP contribution in [0.25, 0.3) is 0 Å². The zero-order valence-electron chi connectivity index (χ0n) is 20.2. The van der Waals surface area contributed by atoms with Gasteiger partial charge in [-0.3, -0.25) is 9.80 Å². The Kier molecular flexibility index (Phi) is 7.42. The van der Waals surface area contributed by atoms with E-state index in [4.69, 9.17) is 9.84 Å². The van der Waals surface area contributed by atoms with Gasteiger partial charge >= 0.3 is 0 Å². The topological polar surface area (TPSA) is 66.3 Å². The van der Waals surface area contributed by atoms with Gasteiger partial charge in [-0.2, -0.15) is 10.2 Å². The molecule has 1 unspecified atom stereocenters. The first-order valence-electron chi connectivity index (χ1n) is 11.9. The maximum absolute atomic E-state index is 12.4. The largest absolute Gasteiger partial charge is 0.497 e. The van der Waals surface area contributed by atoms with Crippen molar-refractivity contribution in [3.8, 4) is 5.75 Å². The van der Waals surface area contributed by atoms with Crippen molar-refractivity contribution in [3.63, 3.8) is 0 Å². The van der Waals surface area contributed by atoms with Gasteiger partial charge in [-0.15, -0.1) is 0 Å². The van der Waals surface area contributed by atoms with Crippen LogP contribution in [-0.4, -0.2) is 24.9 Å². The predicted octanol–water partition coefficient (Wildman–Crippen LogP) is 6.58. The number of methoxy groups -OCH3 is 1. The highest BCUT2D eigenvalue weighted by Gasteiger charge is 2.29. The Labute approximate surface area is 224 Å². The zero-order chi connectivity index (χ0) is 25.6. The summed E-state index contributed by atoms with van der Waals surface area (Å²) >= 11 is 3.39. The third-order valence-corrected chi connectivity index (χ3v) is 6.87. The van der Waals surface area contributed by atoms with Gasteiger partial charge in [0.25, 0.3) is 5.91 Å². The average Bonchev–Trinajstić information content (AvgIpc) is 3.40. The van der Waals surface area contributed by atoms with Gasteiger partial charge in [-0.05, 0) is 69.0 Å². The molecule has 0 aromatic heterocycles. The molecule has 0 radical (unpaired) electrons. The van der Waals surface area contributed by atoms with Crippen LogP contribution in [0.2, 0.25) is 0 Å². The Morgan fingerprint density at radius 3 is 2.38 bits per heavy atom. The van der Waals surface area contributed by atoms with Gasteiger partial charge in [0.1, 0.15) is 5.75 Å². The zero-order valence-corrected chi connectivity index (χ0v) is 21.8. The maximum Gasteiger partial charge on any atom is 0.272 e. The van der Waals surface area contributed by atoms with E-state index < -0.39 is 0 Å². The molecule has 0 aliphatic carbocycles. The average molecular weight is 553 g/mol. The van der Waals surface area contributed by atoms with Crippen LogP contribution in [-0.2, 0) is 0 Å². The second kappa shape index (κ2) is 11.2. The number of hydrogen-bond donors (Lipinski definition) is 1. The predicted molar refractivity (Wildman–Crippen MR) is 151 cm³/mol. The molecule has 1 aliphatic rings. The Balaban J connectivity index is 1.35. The van der Waals surface area contributed by atoms with E-state index in [0.29, 0.717) is 5.56 Å². The Hall–Kier alpha value is -4.23. The summed E-state index contributed by atoms with van der Waals surface area (Å²) in [6, 6.07) is 33.7. The van der Waals surface area contributed by atoms with Crippen LogP contribution in [0.15, 0.2) is 118 Å². The van der Waals surface area contributed by atoms with Gasteiger partial charge in [0, 0.05) is 10.9 Å². The molecule has 0 saturated carbocycles. The number of amides is 1. The van der Waals surface area contributed by atoms with E-state index in [1.54, 1.807) is 19.4 Å². The van der Waals surface area contributed by atoms with Crippen LogP contribution >= 0.6 is 15.9 Å². The fourth-order valence-electron chi connectivity index (χ4n) is 4.22. The Morgan fingerprint density at radius 2 is 1.68 bits per heavy atom. The van der Waals surface area contributed by atoms with Crippen molar-refractivity contribution in [3.05, 3.63) is 130 Å². The third kappa shape index (κ3) is 5.62. The summed E-state index contributed by atoms with van der Waals surface area (Å²) in [5, 5.41) is 11.2. The van der Waals surface area contributed by atoms with Crippen molar-refractivity contribution in [1.82, 2.24) is 5.43 Å². The number of rotatable bonds is 7. The molecule has 4 aromatic carbocycles. The van der Waals surface area contributed by atoms with Gasteiger partial charge < -0.3 is 4.74 Å². The smallest absolute Gasteiger partial charge is 0.272 e. The Morgan fingerprint density at radius 1 is 0.973 bits per heavy atom. The van der Waals surface area contributed by atoms with Crippen molar-refractivity contribution >= 4 is 39.5 Å². The normalized spacial score (nSPS) is 15.0. The number of halogens is 1. The van der Waals surface area contributed by atoms with Crippen molar-refractivity contribution < 1.29 is 9.53 Å². The van der Waals surface area contributed by atoms with E-state index in [9.17, 15) is 4.79 Å². The summed E-state index contributed by atoms with van der Waals surface area (Å²) in [6.45, 7) is 0.